The summed E-state index contributed by atoms with van der Waals surface area (Å²) in [4.78, 5) is 4.08. The lowest BCUT2D eigenvalue weighted by Gasteiger charge is -2.16. The van der Waals surface area contributed by atoms with E-state index in [0.717, 1.165) is 6.54 Å². The fourth-order valence-electron chi connectivity index (χ4n) is 2.41. The predicted octanol–water partition coefficient (Wildman–Crippen LogP) is 4.31. The van der Waals surface area contributed by atoms with Gasteiger partial charge in [-0.1, -0.05) is 38.3 Å². The van der Waals surface area contributed by atoms with Gasteiger partial charge in [-0.15, -0.1) is 0 Å². The molecule has 2 aromatic rings. The lowest BCUT2D eigenvalue weighted by molar-refractivity contribution is 0.615. The van der Waals surface area contributed by atoms with E-state index < -0.39 is 0 Å². The first kappa shape index (κ1) is 14.6. The van der Waals surface area contributed by atoms with Crippen molar-refractivity contribution in [2.24, 2.45) is 0 Å². The molecular formula is C17H25N3. The normalized spacial score (nSPS) is 12.3. The molecule has 0 radical (unpaired) electrons. The Morgan fingerprint density at radius 1 is 1.30 bits per heavy atom. The van der Waals surface area contributed by atoms with Gasteiger partial charge in [0.15, 0.2) is 0 Å². The lowest BCUT2D eigenvalue weighted by Crippen LogP contribution is -2.15. The highest BCUT2D eigenvalue weighted by atomic mass is 15.0. The molecule has 3 nitrogen and oxygen atoms in total. The van der Waals surface area contributed by atoms with Crippen LogP contribution in [0.15, 0.2) is 43.0 Å². The number of hydrogen-bond donors (Lipinski definition) is 1. The van der Waals surface area contributed by atoms with Crippen LogP contribution in [0, 0.1) is 0 Å². The van der Waals surface area contributed by atoms with Gasteiger partial charge >= 0.3 is 0 Å². The van der Waals surface area contributed by atoms with Crippen molar-refractivity contribution in [3.05, 3.63) is 48.5 Å². The van der Waals surface area contributed by atoms with E-state index in [0.29, 0.717) is 6.04 Å². The van der Waals surface area contributed by atoms with Crippen LogP contribution in [0.2, 0.25) is 0 Å². The number of aromatic nitrogens is 2. The molecule has 0 saturated carbocycles. The second-order valence-corrected chi connectivity index (χ2v) is 5.48. The van der Waals surface area contributed by atoms with Crippen molar-refractivity contribution in [2.75, 3.05) is 5.32 Å². The molecule has 0 aliphatic rings. The quantitative estimate of drug-likeness (QED) is 0.725. The van der Waals surface area contributed by atoms with Crippen LogP contribution in [0.4, 0.5) is 5.69 Å². The Morgan fingerprint density at radius 2 is 2.20 bits per heavy atom. The van der Waals surface area contributed by atoms with Gasteiger partial charge in [-0.2, -0.15) is 0 Å². The number of unbranched alkanes of at least 4 members (excludes halogenated alkanes) is 2. The zero-order valence-corrected chi connectivity index (χ0v) is 12.5. The number of rotatable bonds is 8. The molecular weight excluding hydrogens is 246 g/mol. The van der Waals surface area contributed by atoms with Crippen molar-refractivity contribution in [3.8, 4) is 0 Å². The Kier molecular flexibility index (Phi) is 5.66. The van der Waals surface area contributed by atoms with Crippen LogP contribution in [0.25, 0.3) is 0 Å². The van der Waals surface area contributed by atoms with Gasteiger partial charge in [0, 0.05) is 30.7 Å². The zero-order chi connectivity index (χ0) is 14.2. The van der Waals surface area contributed by atoms with Crippen LogP contribution in [0.1, 0.15) is 45.1 Å². The van der Waals surface area contributed by atoms with Gasteiger partial charge in [-0.05, 0) is 31.0 Å². The maximum Gasteiger partial charge on any atom is 0.0949 e. The highest BCUT2D eigenvalue weighted by Gasteiger charge is 2.03. The fourth-order valence-corrected chi connectivity index (χ4v) is 2.41. The number of imidazole rings is 1. The Hall–Kier alpha value is -1.77. The molecule has 1 aromatic heterocycles. The van der Waals surface area contributed by atoms with E-state index in [2.05, 4.69) is 53.0 Å². The standard InChI is InChI=1S/C17H25N3/c1-3-4-5-7-15(2)19-17-9-6-8-16(12-17)13-20-11-10-18-14-20/h6,8-12,14-15,19H,3-5,7,13H2,1-2H3. The van der Waals surface area contributed by atoms with Crippen molar-refractivity contribution in [1.29, 1.82) is 0 Å². The number of nitrogens with one attached hydrogen (secondary N) is 1. The van der Waals surface area contributed by atoms with E-state index in [-0.39, 0.29) is 0 Å². The summed E-state index contributed by atoms with van der Waals surface area (Å²) in [7, 11) is 0. The Morgan fingerprint density at radius 3 is 2.95 bits per heavy atom. The zero-order valence-electron chi connectivity index (χ0n) is 12.5. The van der Waals surface area contributed by atoms with Gasteiger partial charge < -0.3 is 9.88 Å². The molecule has 20 heavy (non-hydrogen) atoms. The van der Waals surface area contributed by atoms with Gasteiger partial charge in [-0.3, -0.25) is 0 Å². The Balaban J connectivity index is 1.88. The largest absolute Gasteiger partial charge is 0.383 e. The number of nitrogens with zero attached hydrogens (tertiary/aromatic N) is 2. The van der Waals surface area contributed by atoms with Crippen LogP contribution in [0.3, 0.4) is 0 Å². The summed E-state index contributed by atoms with van der Waals surface area (Å²) in [6.07, 6.45) is 10.8. The molecule has 0 spiro atoms. The summed E-state index contributed by atoms with van der Waals surface area (Å²) in [5.74, 6) is 0. The van der Waals surface area contributed by atoms with E-state index in [1.165, 1.54) is 36.9 Å². The average molecular weight is 271 g/mol. The molecule has 0 fully saturated rings. The molecule has 108 valence electrons. The third kappa shape index (κ3) is 4.72. The lowest BCUT2D eigenvalue weighted by atomic mass is 10.1. The third-order valence-corrected chi connectivity index (χ3v) is 3.51. The van der Waals surface area contributed by atoms with E-state index in [1.807, 2.05) is 18.7 Å². The third-order valence-electron chi connectivity index (χ3n) is 3.51. The monoisotopic (exact) mass is 271 g/mol. The highest BCUT2D eigenvalue weighted by Crippen LogP contribution is 2.15. The number of hydrogen-bond acceptors (Lipinski definition) is 2. The molecule has 0 aliphatic heterocycles. The van der Waals surface area contributed by atoms with Gasteiger partial charge in [0.1, 0.15) is 0 Å². The van der Waals surface area contributed by atoms with Crippen LogP contribution in [-0.4, -0.2) is 15.6 Å². The first-order valence-corrected chi connectivity index (χ1v) is 7.59. The molecule has 1 heterocycles. The highest BCUT2D eigenvalue weighted by molar-refractivity contribution is 5.46. The molecule has 1 atom stereocenters. The van der Waals surface area contributed by atoms with Crippen LogP contribution in [-0.2, 0) is 6.54 Å². The van der Waals surface area contributed by atoms with Crippen molar-refractivity contribution in [1.82, 2.24) is 9.55 Å². The molecule has 3 heteroatoms. The molecule has 1 N–H and O–H groups in total. The van der Waals surface area contributed by atoms with Crippen LogP contribution >= 0.6 is 0 Å². The Labute approximate surface area is 122 Å². The van der Waals surface area contributed by atoms with E-state index in [4.69, 9.17) is 0 Å². The van der Waals surface area contributed by atoms with Gasteiger partial charge in [-0.25, -0.2) is 4.98 Å². The summed E-state index contributed by atoms with van der Waals surface area (Å²) in [5.41, 5.74) is 2.51. The molecule has 0 aliphatic carbocycles. The smallest absolute Gasteiger partial charge is 0.0949 e. The molecule has 1 aromatic carbocycles. The number of anilines is 1. The molecule has 0 amide bonds. The topological polar surface area (TPSA) is 29.9 Å². The maximum atomic E-state index is 4.08. The van der Waals surface area contributed by atoms with Gasteiger partial charge in [0.05, 0.1) is 6.33 Å². The first-order valence-electron chi connectivity index (χ1n) is 7.59. The summed E-state index contributed by atoms with van der Waals surface area (Å²) in [6, 6.07) is 9.19. The second-order valence-electron chi connectivity index (χ2n) is 5.48. The van der Waals surface area contributed by atoms with Gasteiger partial charge in [0.2, 0.25) is 0 Å². The minimum atomic E-state index is 0.532. The van der Waals surface area contributed by atoms with E-state index >= 15 is 0 Å². The van der Waals surface area contributed by atoms with Crippen molar-refractivity contribution in [3.63, 3.8) is 0 Å². The van der Waals surface area contributed by atoms with Crippen molar-refractivity contribution < 1.29 is 0 Å². The Bertz CT molecular complexity index is 491. The van der Waals surface area contributed by atoms with E-state index in [1.54, 1.807) is 0 Å². The second kappa shape index (κ2) is 7.73. The summed E-state index contributed by atoms with van der Waals surface area (Å²) < 4.78 is 2.09. The molecule has 2 rings (SSSR count). The molecule has 1 unspecified atom stereocenters. The minimum absolute atomic E-state index is 0.532. The van der Waals surface area contributed by atoms with Crippen molar-refractivity contribution >= 4 is 5.69 Å². The summed E-state index contributed by atoms with van der Waals surface area (Å²) in [5, 5.41) is 3.60. The summed E-state index contributed by atoms with van der Waals surface area (Å²) in [6.45, 7) is 5.38. The molecule has 0 saturated heterocycles. The predicted molar refractivity (Wildman–Crippen MR) is 85.0 cm³/mol. The minimum Gasteiger partial charge on any atom is -0.383 e. The fraction of sp³-hybridized carbons (Fsp3) is 0.471. The number of benzene rings is 1. The first-order chi connectivity index (χ1) is 9.78. The van der Waals surface area contributed by atoms with Crippen LogP contribution < -0.4 is 5.32 Å². The van der Waals surface area contributed by atoms with Crippen molar-refractivity contribution in [2.45, 2.75) is 52.1 Å². The maximum absolute atomic E-state index is 4.08. The van der Waals surface area contributed by atoms with E-state index in [9.17, 15) is 0 Å². The molecule has 0 bridgehead atoms. The SMILES string of the molecule is CCCCCC(C)Nc1cccc(Cn2ccnc2)c1. The van der Waals surface area contributed by atoms with Gasteiger partial charge in [0.25, 0.3) is 0 Å². The average Bonchev–Trinajstić information content (AvgIpc) is 2.92. The van der Waals surface area contributed by atoms with Crippen LogP contribution in [0.5, 0.6) is 0 Å². The summed E-state index contributed by atoms with van der Waals surface area (Å²) >= 11 is 0.